The van der Waals surface area contributed by atoms with E-state index >= 15 is 0 Å². The lowest BCUT2D eigenvalue weighted by atomic mass is 10.0. The van der Waals surface area contributed by atoms with E-state index < -0.39 is 0 Å². The number of phenols is 1. The van der Waals surface area contributed by atoms with Gasteiger partial charge in [0.15, 0.2) is 0 Å². The average molecular weight is 147 g/mol. The van der Waals surface area contributed by atoms with Crippen molar-refractivity contribution in [1.29, 1.82) is 5.26 Å². The summed E-state index contributed by atoms with van der Waals surface area (Å²) in [6, 6.07) is 8.80. The normalized spacial score (nSPS) is 12.0. The Morgan fingerprint density at radius 1 is 1.36 bits per heavy atom. The zero-order valence-corrected chi connectivity index (χ0v) is 6.28. The Morgan fingerprint density at radius 2 is 1.91 bits per heavy atom. The van der Waals surface area contributed by atoms with Crippen molar-refractivity contribution in [3.05, 3.63) is 29.8 Å². The average Bonchev–Trinajstić information content (AvgIpc) is 2.05. The first-order valence-corrected chi connectivity index (χ1v) is 3.42. The van der Waals surface area contributed by atoms with Gasteiger partial charge < -0.3 is 5.11 Å². The lowest BCUT2D eigenvalue weighted by Crippen LogP contribution is -1.87. The van der Waals surface area contributed by atoms with Crippen molar-refractivity contribution in [2.24, 2.45) is 0 Å². The van der Waals surface area contributed by atoms with E-state index in [0.29, 0.717) is 0 Å². The van der Waals surface area contributed by atoms with Crippen LogP contribution in [0.4, 0.5) is 0 Å². The summed E-state index contributed by atoms with van der Waals surface area (Å²) in [4.78, 5) is 0. The van der Waals surface area contributed by atoms with Gasteiger partial charge in [-0.15, -0.1) is 0 Å². The first-order chi connectivity index (χ1) is 5.24. The van der Waals surface area contributed by atoms with Crippen molar-refractivity contribution in [3.8, 4) is 11.8 Å². The summed E-state index contributed by atoms with van der Waals surface area (Å²) in [6.07, 6.45) is 0. The molecule has 1 N–H and O–H groups in total. The van der Waals surface area contributed by atoms with Gasteiger partial charge in [-0.25, -0.2) is 0 Å². The van der Waals surface area contributed by atoms with Crippen LogP contribution in [-0.4, -0.2) is 5.11 Å². The minimum atomic E-state index is -0.101. The molecule has 0 saturated carbocycles. The second kappa shape index (κ2) is 3.07. The Kier molecular flexibility index (Phi) is 2.12. The highest BCUT2D eigenvalue weighted by atomic mass is 16.3. The lowest BCUT2D eigenvalue weighted by Gasteiger charge is -2.00. The molecule has 1 aromatic rings. The molecule has 0 aliphatic heterocycles. The number of rotatable bonds is 1. The number of hydrogen-bond acceptors (Lipinski definition) is 2. The molecule has 0 aliphatic carbocycles. The maximum atomic E-state index is 8.93. The molecule has 0 radical (unpaired) electrons. The lowest BCUT2D eigenvalue weighted by molar-refractivity contribution is 0.475. The second-order valence-electron chi connectivity index (χ2n) is 2.44. The Hall–Kier alpha value is -1.49. The van der Waals surface area contributed by atoms with E-state index in [2.05, 4.69) is 6.07 Å². The largest absolute Gasteiger partial charge is 0.508 e. The number of nitrogens with zero attached hydrogens (tertiary/aromatic N) is 1. The molecule has 0 aromatic heterocycles. The molecule has 2 heteroatoms. The molecule has 1 unspecified atom stereocenters. The number of phenolic OH excluding ortho intramolecular Hbond substituents is 1. The fourth-order valence-corrected chi connectivity index (χ4v) is 0.838. The fraction of sp³-hybridized carbons (Fsp3) is 0.222. The summed E-state index contributed by atoms with van der Waals surface area (Å²) in [7, 11) is 0. The standard InChI is InChI=1S/C9H9NO/c1-7(6-10)8-2-4-9(11)5-3-8/h2-5,7,11H,1H3. The first-order valence-electron chi connectivity index (χ1n) is 3.42. The van der Waals surface area contributed by atoms with Gasteiger partial charge in [-0.1, -0.05) is 12.1 Å². The minimum absolute atomic E-state index is 0.101. The molecule has 56 valence electrons. The van der Waals surface area contributed by atoms with Gasteiger partial charge in [0, 0.05) is 0 Å². The fourth-order valence-electron chi connectivity index (χ4n) is 0.838. The van der Waals surface area contributed by atoms with Gasteiger partial charge >= 0.3 is 0 Å². The van der Waals surface area contributed by atoms with Crippen LogP contribution in [0, 0.1) is 11.3 Å². The SMILES string of the molecule is CC(C#N)c1ccc(O)cc1. The summed E-state index contributed by atoms with van der Waals surface area (Å²) in [5.41, 5.74) is 0.935. The molecule has 0 heterocycles. The smallest absolute Gasteiger partial charge is 0.115 e. The second-order valence-corrected chi connectivity index (χ2v) is 2.44. The van der Waals surface area contributed by atoms with Crippen LogP contribution in [0.5, 0.6) is 5.75 Å². The van der Waals surface area contributed by atoms with Crippen molar-refractivity contribution in [2.75, 3.05) is 0 Å². The van der Waals surface area contributed by atoms with Gasteiger partial charge in [-0.2, -0.15) is 5.26 Å². The Morgan fingerprint density at radius 3 is 2.36 bits per heavy atom. The highest BCUT2D eigenvalue weighted by molar-refractivity contribution is 5.30. The van der Waals surface area contributed by atoms with Gasteiger partial charge in [-0.3, -0.25) is 0 Å². The summed E-state index contributed by atoms with van der Waals surface area (Å²) in [5.74, 6) is 0.134. The van der Waals surface area contributed by atoms with E-state index in [9.17, 15) is 0 Å². The molecular weight excluding hydrogens is 138 g/mol. The summed E-state index contributed by atoms with van der Waals surface area (Å²) in [6.45, 7) is 1.83. The summed E-state index contributed by atoms with van der Waals surface area (Å²) in [5, 5.41) is 17.5. The van der Waals surface area contributed by atoms with Crippen LogP contribution in [0.1, 0.15) is 18.4 Å². The molecule has 0 bridgehead atoms. The highest BCUT2D eigenvalue weighted by Gasteiger charge is 2.01. The molecule has 1 aromatic carbocycles. The molecular formula is C9H9NO. The molecule has 0 aliphatic rings. The van der Waals surface area contributed by atoms with Crippen LogP contribution in [-0.2, 0) is 0 Å². The van der Waals surface area contributed by atoms with Gasteiger partial charge in [0.2, 0.25) is 0 Å². The maximum Gasteiger partial charge on any atom is 0.115 e. The number of aromatic hydroxyl groups is 1. The Labute approximate surface area is 65.7 Å². The summed E-state index contributed by atoms with van der Waals surface area (Å²) < 4.78 is 0. The minimum Gasteiger partial charge on any atom is -0.508 e. The molecule has 2 nitrogen and oxygen atoms in total. The highest BCUT2D eigenvalue weighted by Crippen LogP contribution is 2.16. The third-order valence-electron chi connectivity index (χ3n) is 1.59. The molecule has 0 fully saturated rings. The van der Waals surface area contributed by atoms with Gasteiger partial charge in [0.1, 0.15) is 5.75 Å². The summed E-state index contributed by atoms with van der Waals surface area (Å²) >= 11 is 0. The van der Waals surface area contributed by atoms with E-state index in [4.69, 9.17) is 10.4 Å². The van der Waals surface area contributed by atoms with Crippen LogP contribution in [0.15, 0.2) is 24.3 Å². The van der Waals surface area contributed by atoms with Crippen molar-refractivity contribution in [2.45, 2.75) is 12.8 Å². The van der Waals surface area contributed by atoms with Crippen LogP contribution >= 0.6 is 0 Å². The van der Waals surface area contributed by atoms with Crippen molar-refractivity contribution >= 4 is 0 Å². The molecule has 1 atom stereocenters. The zero-order chi connectivity index (χ0) is 8.27. The van der Waals surface area contributed by atoms with Crippen LogP contribution in [0.2, 0.25) is 0 Å². The monoisotopic (exact) mass is 147 g/mol. The van der Waals surface area contributed by atoms with Crippen molar-refractivity contribution in [1.82, 2.24) is 0 Å². The molecule has 0 saturated heterocycles. The van der Waals surface area contributed by atoms with Crippen LogP contribution in [0.3, 0.4) is 0 Å². The zero-order valence-electron chi connectivity index (χ0n) is 6.28. The van der Waals surface area contributed by atoms with Gasteiger partial charge in [-0.05, 0) is 24.6 Å². The quantitative estimate of drug-likeness (QED) is 0.660. The van der Waals surface area contributed by atoms with Gasteiger partial charge in [0.25, 0.3) is 0 Å². The van der Waals surface area contributed by atoms with Crippen LogP contribution < -0.4 is 0 Å². The van der Waals surface area contributed by atoms with E-state index in [0.717, 1.165) is 5.56 Å². The predicted molar refractivity (Wildman–Crippen MR) is 42.1 cm³/mol. The van der Waals surface area contributed by atoms with E-state index in [1.165, 1.54) is 0 Å². The number of nitriles is 1. The van der Waals surface area contributed by atoms with Crippen molar-refractivity contribution < 1.29 is 5.11 Å². The molecule has 0 spiro atoms. The van der Waals surface area contributed by atoms with E-state index in [-0.39, 0.29) is 11.7 Å². The maximum absolute atomic E-state index is 8.93. The van der Waals surface area contributed by atoms with Crippen molar-refractivity contribution in [3.63, 3.8) is 0 Å². The number of benzene rings is 1. The van der Waals surface area contributed by atoms with Crippen LogP contribution in [0.25, 0.3) is 0 Å². The third-order valence-corrected chi connectivity index (χ3v) is 1.59. The predicted octanol–water partition coefficient (Wildman–Crippen LogP) is 2.02. The number of hydrogen-bond donors (Lipinski definition) is 1. The molecule has 0 amide bonds. The topological polar surface area (TPSA) is 44.0 Å². The molecule has 11 heavy (non-hydrogen) atoms. The molecule has 1 rings (SSSR count). The van der Waals surface area contributed by atoms with Gasteiger partial charge in [0.05, 0.1) is 12.0 Å². The van der Waals surface area contributed by atoms with E-state index in [1.54, 1.807) is 24.3 Å². The Balaban J connectivity index is 2.92. The third kappa shape index (κ3) is 1.71. The Bertz CT molecular complexity index is 271. The first kappa shape index (κ1) is 7.62. The van der Waals surface area contributed by atoms with E-state index in [1.807, 2.05) is 6.92 Å².